The lowest BCUT2D eigenvalue weighted by Gasteiger charge is -2.40. The summed E-state index contributed by atoms with van der Waals surface area (Å²) < 4.78 is 0. The number of fused-ring (bicyclic) bond motifs is 1. The first-order valence-corrected chi connectivity index (χ1v) is 18.3. The Morgan fingerprint density at radius 1 is 0.913 bits per heavy atom. The van der Waals surface area contributed by atoms with Gasteiger partial charge in [0.25, 0.3) is 0 Å². The molecule has 0 bridgehead atoms. The van der Waals surface area contributed by atoms with Crippen LogP contribution in [-0.4, -0.2) is 88.0 Å². The van der Waals surface area contributed by atoms with E-state index in [9.17, 15) is 14.4 Å². The fourth-order valence-corrected chi connectivity index (χ4v) is 9.07. The van der Waals surface area contributed by atoms with Gasteiger partial charge in [-0.05, 0) is 85.8 Å². The van der Waals surface area contributed by atoms with Gasteiger partial charge in [-0.25, -0.2) is 4.79 Å². The number of amides is 4. The third-order valence-corrected chi connectivity index (χ3v) is 11.9. The lowest BCUT2D eigenvalue weighted by Crippen LogP contribution is -2.51. The Morgan fingerprint density at radius 3 is 2.28 bits per heavy atom. The number of carbonyl (C=O) groups is 3. The van der Waals surface area contributed by atoms with Crippen LogP contribution in [0.4, 0.5) is 10.5 Å². The molecule has 9 heteroatoms. The monoisotopic (exact) mass is 645 g/mol. The number of para-hydroxylation sites is 1. The Labute approximate surface area is 279 Å². The summed E-state index contributed by atoms with van der Waals surface area (Å²) in [6.07, 6.45) is 4.92. The standard InChI is InChI=1S/C37H51N5O3S/c1-5-39-19-14-26(15-20-39)29-11-7-8-12-30(29)35-41(23-18-37(2,3)4)34(44)32(46-35)24-33(43)40-21-16-28(17-22-40)42-25-27-10-6-9-13-31(27)38-36(42)45/h6-13,26,28,32,35H,5,14-25H2,1-4H3,(H,38,45). The van der Waals surface area contributed by atoms with Gasteiger partial charge in [-0.1, -0.05) is 70.2 Å². The van der Waals surface area contributed by atoms with Crippen molar-refractivity contribution in [2.45, 2.75) is 95.3 Å². The number of piperidine rings is 2. The second-order valence-electron chi connectivity index (χ2n) is 14.7. The van der Waals surface area contributed by atoms with E-state index in [1.54, 1.807) is 11.8 Å². The number of thioether (sulfide) groups is 1. The van der Waals surface area contributed by atoms with Gasteiger partial charge in [0.15, 0.2) is 0 Å². The molecule has 1 N–H and O–H groups in total. The molecule has 0 aliphatic carbocycles. The molecule has 2 aromatic rings. The Balaban J connectivity index is 1.12. The molecule has 0 aromatic heterocycles. The molecule has 0 radical (unpaired) electrons. The van der Waals surface area contributed by atoms with Gasteiger partial charge in [0.2, 0.25) is 11.8 Å². The summed E-state index contributed by atoms with van der Waals surface area (Å²) in [6, 6.07) is 16.7. The van der Waals surface area contributed by atoms with Crippen molar-refractivity contribution in [1.29, 1.82) is 0 Å². The van der Waals surface area contributed by atoms with Gasteiger partial charge >= 0.3 is 6.03 Å². The summed E-state index contributed by atoms with van der Waals surface area (Å²) in [5.74, 6) is 0.646. The molecular formula is C37H51N5O3S. The Hall–Kier alpha value is -3.04. The number of hydrogen-bond acceptors (Lipinski definition) is 5. The summed E-state index contributed by atoms with van der Waals surface area (Å²) in [7, 11) is 0. The van der Waals surface area contributed by atoms with Crippen molar-refractivity contribution in [1.82, 2.24) is 19.6 Å². The molecule has 4 amide bonds. The maximum absolute atomic E-state index is 14.1. The summed E-state index contributed by atoms with van der Waals surface area (Å²) in [6.45, 7) is 14.7. The predicted molar refractivity (Wildman–Crippen MR) is 186 cm³/mol. The minimum absolute atomic E-state index is 0.0504. The molecule has 3 saturated heterocycles. The predicted octanol–water partition coefficient (Wildman–Crippen LogP) is 6.69. The SMILES string of the molecule is CCN1CCC(c2ccccc2C2SC(CC(=O)N3CCC(N4Cc5ccccc5NC4=O)CC3)C(=O)N2CCC(C)(C)C)CC1. The van der Waals surface area contributed by atoms with Crippen LogP contribution in [-0.2, 0) is 16.1 Å². The van der Waals surface area contributed by atoms with Crippen molar-refractivity contribution in [2.24, 2.45) is 5.41 Å². The molecule has 0 saturated carbocycles. The van der Waals surface area contributed by atoms with Gasteiger partial charge in [-0.15, -0.1) is 11.8 Å². The van der Waals surface area contributed by atoms with Crippen LogP contribution in [0.15, 0.2) is 48.5 Å². The zero-order valence-corrected chi connectivity index (χ0v) is 28.9. The first-order chi connectivity index (χ1) is 22.1. The number of rotatable bonds is 8. The van der Waals surface area contributed by atoms with Gasteiger partial charge in [0.1, 0.15) is 5.37 Å². The second kappa shape index (κ2) is 14.0. The quantitative estimate of drug-likeness (QED) is 0.346. The van der Waals surface area contributed by atoms with Crippen LogP contribution in [0.25, 0.3) is 0 Å². The summed E-state index contributed by atoms with van der Waals surface area (Å²) in [4.78, 5) is 49.1. The lowest BCUT2D eigenvalue weighted by molar-refractivity contribution is -0.137. The van der Waals surface area contributed by atoms with Gasteiger partial charge in [0.05, 0.1) is 5.25 Å². The van der Waals surface area contributed by atoms with Gasteiger partial charge in [-0.2, -0.15) is 0 Å². The van der Waals surface area contributed by atoms with Crippen molar-refractivity contribution >= 4 is 35.3 Å². The molecule has 4 heterocycles. The highest BCUT2D eigenvalue weighted by atomic mass is 32.2. The van der Waals surface area contributed by atoms with Crippen molar-refractivity contribution in [3.8, 4) is 0 Å². The molecule has 0 spiro atoms. The fraction of sp³-hybridized carbons (Fsp3) is 0.595. The van der Waals surface area contributed by atoms with Crippen LogP contribution in [0.5, 0.6) is 0 Å². The molecular weight excluding hydrogens is 595 g/mol. The molecule has 2 unspecified atom stereocenters. The van der Waals surface area contributed by atoms with E-state index in [2.05, 4.69) is 73.1 Å². The van der Waals surface area contributed by atoms with Gasteiger partial charge in [-0.3, -0.25) is 9.59 Å². The third-order valence-electron chi connectivity index (χ3n) is 10.5. The van der Waals surface area contributed by atoms with E-state index in [4.69, 9.17) is 0 Å². The number of hydrogen-bond donors (Lipinski definition) is 1. The van der Waals surface area contributed by atoms with Crippen molar-refractivity contribution in [3.63, 3.8) is 0 Å². The highest BCUT2D eigenvalue weighted by Gasteiger charge is 2.44. The highest BCUT2D eigenvalue weighted by molar-refractivity contribution is 8.01. The molecule has 248 valence electrons. The molecule has 4 aliphatic rings. The van der Waals surface area contributed by atoms with E-state index in [1.807, 2.05) is 28.0 Å². The van der Waals surface area contributed by atoms with Crippen LogP contribution in [0.2, 0.25) is 0 Å². The van der Waals surface area contributed by atoms with Gasteiger partial charge < -0.3 is 24.9 Å². The molecule has 3 fully saturated rings. The van der Waals surface area contributed by atoms with E-state index in [-0.39, 0.29) is 46.3 Å². The Morgan fingerprint density at radius 2 is 1.59 bits per heavy atom. The number of anilines is 1. The van der Waals surface area contributed by atoms with E-state index in [1.165, 1.54) is 11.1 Å². The average molecular weight is 646 g/mol. The largest absolute Gasteiger partial charge is 0.342 e. The summed E-state index contributed by atoms with van der Waals surface area (Å²) in [5, 5.41) is 2.57. The topological polar surface area (TPSA) is 76.2 Å². The molecule has 4 aliphatic heterocycles. The molecule has 6 rings (SSSR count). The van der Waals surface area contributed by atoms with E-state index >= 15 is 0 Å². The third kappa shape index (κ3) is 7.25. The maximum atomic E-state index is 14.1. The normalized spacial score (nSPS) is 23.5. The molecule has 2 atom stereocenters. The lowest BCUT2D eigenvalue weighted by atomic mass is 9.86. The summed E-state index contributed by atoms with van der Waals surface area (Å²) >= 11 is 1.68. The number of nitrogens with zero attached hydrogens (tertiary/aromatic N) is 4. The van der Waals surface area contributed by atoms with Crippen molar-refractivity contribution < 1.29 is 14.4 Å². The van der Waals surface area contributed by atoms with Crippen LogP contribution in [0, 0.1) is 5.41 Å². The highest BCUT2D eigenvalue weighted by Crippen LogP contribution is 2.48. The van der Waals surface area contributed by atoms with E-state index in [0.29, 0.717) is 32.1 Å². The molecule has 46 heavy (non-hydrogen) atoms. The molecule has 8 nitrogen and oxygen atoms in total. The number of nitrogens with one attached hydrogen (secondary N) is 1. The average Bonchev–Trinajstić information content (AvgIpc) is 3.37. The van der Waals surface area contributed by atoms with Crippen molar-refractivity contribution in [2.75, 3.05) is 44.6 Å². The van der Waals surface area contributed by atoms with Crippen LogP contribution in [0.1, 0.15) is 94.2 Å². The minimum Gasteiger partial charge on any atom is -0.342 e. The second-order valence-corrected chi connectivity index (χ2v) is 16.0. The molecule has 2 aromatic carbocycles. The Bertz CT molecular complexity index is 1410. The van der Waals surface area contributed by atoms with Crippen LogP contribution >= 0.6 is 11.8 Å². The zero-order valence-electron chi connectivity index (χ0n) is 28.0. The van der Waals surface area contributed by atoms with Crippen LogP contribution in [0.3, 0.4) is 0 Å². The number of likely N-dealkylation sites (tertiary alicyclic amines) is 2. The number of carbonyl (C=O) groups excluding carboxylic acids is 3. The maximum Gasteiger partial charge on any atom is 0.322 e. The van der Waals surface area contributed by atoms with Crippen molar-refractivity contribution in [3.05, 3.63) is 65.2 Å². The summed E-state index contributed by atoms with van der Waals surface area (Å²) in [5.41, 5.74) is 4.74. The number of urea groups is 1. The minimum atomic E-state index is -0.380. The van der Waals surface area contributed by atoms with E-state index < -0.39 is 0 Å². The zero-order chi connectivity index (χ0) is 32.4. The van der Waals surface area contributed by atoms with Gasteiger partial charge in [0, 0.05) is 44.3 Å². The smallest absolute Gasteiger partial charge is 0.322 e. The fourth-order valence-electron chi connectivity index (χ4n) is 7.55. The first kappa shape index (κ1) is 32.9. The number of benzene rings is 2. The van der Waals surface area contributed by atoms with Crippen LogP contribution < -0.4 is 5.32 Å². The van der Waals surface area contributed by atoms with E-state index in [0.717, 1.165) is 63.0 Å². The first-order valence-electron chi connectivity index (χ1n) is 17.3. The Kier molecular flexibility index (Phi) is 9.99.